The quantitative estimate of drug-likeness (QED) is 0.368. The van der Waals surface area contributed by atoms with E-state index in [0.29, 0.717) is 45.0 Å². The van der Waals surface area contributed by atoms with Gasteiger partial charge in [-0.05, 0) is 48.4 Å². The molecule has 8 heteroatoms. The first-order valence-electron chi connectivity index (χ1n) is 10.8. The van der Waals surface area contributed by atoms with E-state index in [2.05, 4.69) is 22.2 Å². The maximum absolute atomic E-state index is 13.2. The highest BCUT2D eigenvalue weighted by Gasteiger charge is 2.19. The second kappa shape index (κ2) is 8.82. The van der Waals surface area contributed by atoms with Crippen LogP contribution in [0.25, 0.3) is 39.4 Å². The summed E-state index contributed by atoms with van der Waals surface area (Å²) in [5.74, 6) is 1.73. The molecule has 5 aromatic rings. The molecule has 0 N–H and O–H groups in total. The smallest absolute Gasteiger partial charge is 0.279 e. The summed E-state index contributed by atoms with van der Waals surface area (Å²) in [6, 6.07) is 20.4. The Morgan fingerprint density at radius 1 is 0.912 bits per heavy atom. The summed E-state index contributed by atoms with van der Waals surface area (Å²) >= 11 is 0. The third kappa shape index (κ3) is 3.69. The molecule has 0 fully saturated rings. The van der Waals surface area contributed by atoms with Crippen LogP contribution in [0.4, 0.5) is 0 Å². The van der Waals surface area contributed by atoms with Gasteiger partial charge in [-0.2, -0.15) is 14.8 Å². The molecule has 0 radical (unpaired) electrons. The highest BCUT2D eigenvalue weighted by atomic mass is 16.5. The van der Waals surface area contributed by atoms with E-state index in [-0.39, 0.29) is 11.4 Å². The van der Waals surface area contributed by atoms with Crippen molar-refractivity contribution in [1.82, 2.24) is 19.9 Å². The maximum Gasteiger partial charge on any atom is 0.279 e. The molecule has 2 aromatic heterocycles. The van der Waals surface area contributed by atoms with E-state index in [4.69, 9.17) is 14.0 Å². The number of aromatic nitrogens is 4. The van der Waals surface area contributed by atoms with Gasteiger partial charge in [-0.15, -0.1) is 0 Å². The van der Waals surface area contributed by atoms with Crippen molar-refractivity contribution in [2.24, 2.45) is 0 Å². The normalized spacial score (nSPS) is 11.0. The minimum absolute atomic E-state index is 0.208. The molecular weight excluding hydrogens is 432 g/mol. The molecule has 0 unspecified atom stereocenters. The molecule has 0 spiro atoms. The topological polar surface area (TPSA) is 92.3 Å². The van der Waals surface area contributed by atoms with Gasteiger partial charge in [0.25, 0.3) is 11.4 Å². The SMILES string of the molecule is CCc1ccc(-n2nc(-c3nc(-c4ccc(OC)c(OC)c4)no3)c3ccccc3c2=O)cc1. The Bertz CT molecular complexity index is 1540. The number of nitrogens with zero attached hydrogens (tertiary/aromatic N) is 4. The number of aryl methyl sites for hydroxylation is 1. The van der Waals surface area contributed by atoms with Gasteiger partial charge in [-0.25, -0.2) is 0 Å². The molecule has 5 rings (SSSR count). The molecule has 0 saturated heterocycles. The maximum atomic E-state index is 13.2. The summed E-state index contributed by atoms with van der Waals surface area (Å²) in [5, 5.41) is 9.91. The molecule has 2 heterocycles. The van der Waals surface area contributed by atoms with Gasteiger partial charge in [0.1, 0.15) is 0 Å². The van der Waals surface area contributed by atoms with Gasteiger partial charge in [-0.3, -0.25) is 4.79 Å². The monoisotopic (exact) mass is 454 g/mol. The number of rotatable bonds is 6. The molecule has 0 saturated carbocycles. The van der Waals surface area contributed by atoms with Crippen LogP contribution in [0.5, 0.6) is 11.5 Å². The molecular formula is C26H22N4O4. The lowest BCUT2D eigenvalue weighted by atomic mass is 10.1. The van der Waals surface area contributed by atoms with Crippen LogP contribution in [0.1, 0.15) is 12.5 Å². The fraction of sp³-hybridized carbons (Fsp3) is 0.154. The van der Waals surface area contributed by atoms with Crippen molar-refractivity contribution in [3.8, 4) is 40.2 Å². The van der Waals surface area contributed by atoms with E-state index in [9.17, 15) is 4.79 Å². The van der Waals surface area contributed by atoms with Crippen molar-refractivity contribution in [3.63, 3.8) is 0 Å². The fourth-order valence-electron chi connectivity index (χ4n) is 3.81. The number of hydrogen-bond acceptors (Lipinski definition) is 7. The summed E-state index contributed by atoms with van der Waals surface area (Å²) in [4.78, 5) is 17.8. The molecule has 8 nitrogen and oxygen atoms in total. The van der Waals surface area contributed by atoms with Gasteiger partial charge in [0, 0.05) is 10.9 Å². The van der Waals surface area contributed by atoms with Gasteiger partial charge in [0.15, 0.2) is 17.2 Å². The first-order chi connectivity index (χ1) is 16.6. The number of hydrogen-bond donors (Lipinski definition) is 0. The molecule has 0 bridgehead atoms. The van der Waals surface area contributed by atoms with Crippen molar-refractivity contribution in [1.29, 1.82) is 0 Å². The average Bonchev–Trinajstić information content (AvgIpc) is 3.39. The van der Waals surface area contributed by atoms with E-state index in [1.807, 2.05) is 48.5 Å². The van der Waals surface area contributed by atoms with E-state index >= 15 is 0 Å². The van der Waals surface area contributed by atoms with Crippen molar-refractivity contribution in [3.05, 3.63) is 82.6 Å². The van der Waals surface area contributed by atoms with Crippen molar-refractivity contribution in [2.75, 3.05) is 14.2 Å². The second-order valence-electron chi connectivity index (χ2n) is 7.62. The molecule has 34 heavy (non-hydrogen) atoms. The Balaban J connectivity index is 1.65. The summed E-state index contributed by atoms with van der Waals surface area (Å²) in [6.07, 6.45) is 0.909. The van der Waals surface area contributed by atoms with Crippen LogP contribution in [0.3, 0.4) is 0 Å². The zero-order chi connectivity index (χ0) is 23.7. The average molecular weight is 454 g/mol. The Morgan fingerprint density at radius 2 is 1.65 bits per heavy atom. The molecule has 0 aliphatic carbocycles. The Hall–Kier alpha value is -4.46. The summed E-state index contributed by atoms with van der Waals surface area (Å²) in [6.45, 7) is 2.08. The minimum Gasteiger partial charge on any atom is -0.493 e. The van der Waals surface area contributed by atoms with Crippen molar-refractivity contribution < 1.29 is 14.0 Å². The highest BCUT2D eigenvalue weighted by Crippen LogP contribution is 2.32. The van der Waals surface area contributed by atoms with Gasteiger partial charge in [0.2, 0.25) is 5.82 Å². The molecule has 0 atom stereocenters. The molecule has 170 valence electrons. The summed E-state index contributed by atoms with van der Waals surface area (Å²) < 4.78 is 17.7. The number of benzene rings is 3. The zero-order valence-electron chi connectivity index (χ0n) is 19.0. The predicted molar refractivity (Wildman–Crippen MR) is 129 cm³/mol. The van der Waals surface area contributed by atoms with Crippen LogP contribution >= 0.6 is 0 Å². The fourth-order valence-corrected chi connectivity index (χ4v) is 3.81. The van der Waals surface area contributed by atoms with Crippen molar-refractivity contribution in [2.45, 2.75) is 13.3 Å². The van der Waals surface area contributed by atoms with Crippen LogP contribution < -0.4 is 15.0 Å². The lowest BCUT2D eigenvalue weighted by Gasteiger charge is -2.09. The number of fused-ring (bicyclic) bond motifs is 1. The third-order valence-corrected chi connectivity index (χ3v) is 5.66. The van der Waals surface area contributed by atoms with Crippen LogP contribution in [0.15, 0.2) is 76.0 Å². The largest absolute Gasteiger partial charge is 0.493 e. The van der Waals surface area contributed by atoms with E-state index < -0.39 is 0 Å². The van der Waals surface area contributed by atoms with Gasteiger partial charge in [0.05, 0.1) is 25.3 Å². The number of ether oxygens (including phenoxy) is 2. The predicted octanol–water partition coefficient (Wildman–Crippen LogP) is 4.68. The van der Waals surface area contributed by atoms with Gasteiger partial charge < -0.3 is 14.0 Å². The van der Waals surface area contributed by atoms with Gasteiger partial charge >= 0.3 is 0 Å². The molecule has 0 aliphatic rings. The van der Waals surface area contributed by atoms with E-state index in [0.717, 1.165) is 6.42 Å². The number of methoxy groups -OCH3 is 2. The molecule has 0 aliphatic heterocycles. The van der Waals surface area contributed by atoms with Gasteiger partial charge in [-0.1, -0.05) is 42.4 Å². The Kier molecular flexibility index (Phi) is 5.55. The van der Waals surface area contributed by atoms with Crippen LogP contribution in [-0.2, 0) is 6.42 Å². The zero-order valence-corrected chi connectivity index (χ0v) is 19.0. The van der Waals surface area contributed by atoms with Crippen LogP contribution in [-0.4, -0.2) is 34.1 Å². The third-order valence-electron chi connectivity index (χ3n) is 5.66. The van der Waals surface area contributed by atoms with Crippen LogP contribution in [0.2, 0.25) is 0 Å². The molecule has 0 amide bonds. The second-order valence-corrected chi connectivity index (χ2v) is 7.62. The Labute approximate surface area is 195 Å². The van der Waals surface area contributed by atoms with E-state index in [1.165, 1.54) is 10.2 Å². The first-order valence-corrected chi connectivity index (χ1v) is 10.8. The van der Waals surface area contributed by atoms with Crippen molar-refractivity contribution >= 4 is 10.8 Å². The summed E-state index contributed by atoms with van der Waals surface area (Å²) in [7, 11) is 3.14. The minimum atomic E-state index is -0.219. The summed E-state index contributed by atoms with van der Waals surface area (Å²) in [5.41, 5.74) is 2.74. The Morgan fingerprint density at radius 3 is 2.35 bits per heavy atom. The molecule has 3 aromatic carbocycles. The standard InChI is InChI=1S/C26H22N4O4/c1-4-16-9-12-18(13-10-16)30-26(31)20-8-6-5-7-19(20)23(28-30)25-27-24(29-34-25)17-11-14-21(32-2)22(15-17)33-3/h5-15H,4H2,1-3H3. The first kappa shape index (κ1) is 21.4. The van der Waals surface area contributed by atoms with E-state index in [1.54, 1.807) is 32.4 Å². The lowest BCUT2D eigenvalue weighted by molar-refractivity contribution is 0.355. The lowest BCUT2D eigenvalue weighted by Crippen LogP contribution is -2.22. The highest BCUT2D eigenvalue weighted by molar-refractivity contribution is 5.92. The van der Waals surface area contributed by atoms with Crippen LogP contribution in [0, 0.1) is 0 Å².